The predicted molar refractivity (Wildman–Crippen MR) is 85.8 cm³/mol. The van der Waals surface area contributed by atoms with E-state index in [-0.39, 0.29) is 11.4 Å². The van der Waals surface area contributed by atoms with Crippen molar-refractivity contribution in [3.63, 3.8) is 0 Å². The lowest BCUT2D eigenvalue weighted by Crippen LogP contribution is -2.32. The van der Waals surface area contributed by atoms with E-state index in [0.717, 1.165) is 9.88 Å². The summed E-state index contributed by atoms with van der Waals surface area (Å²) in [4.78, 5) is 31.5. The average Bonchev–Trinajstić information content (AvgIpc) is 3.09. The molecule has 0 spiro atoms. The summed E-state index contributed by atoms with van der Waals surface area (Å²) < 4.78 is 1.32. The fourth-order valence-corrected chi connectivity index (χ4v) is 3.68. The fraction of sp³-hybridized carbons (Fsp3) is 0.154. The van der Waals surface area contributed by atoms with E-state index < -0.39 is 11.2 Å². The Kier molecular flexibility index (Phi) is 3.48. The van der Waals surface area contributed by atoms with Gasteiger partial charge in [0.2, 0.25) is 0 Å². The van der Waals surface area contributed by atoms with Crippen molar-refractivity contribution in [1.82, 2.24) is 14.5 Å². The predicted octanol–water partition coefficient (Wildman–Crippen LogP) is 1.99. The lowest BCUT2D eigenvalue weighted by atomic mass is 10.2. The quantitative estimate of drug-likeness (QED) is 0.771. The van der Waals surface area contributed by atoms with Gasteiger partial charge < -0.3 is 5.73 Å². The second-order valence-corrected chi connectivity index (χ2v) is 6.08. The molecule has 0 amide bonds. The van der Waals surface area contributed by atoms with Crippen molar-refractivity contribution in [3.8, 4) is 21.1 Å². The number of anilines is 1. The molecule has 3 aromatic heterocycles. The van der Waals surface area contributed by atoms with Crippen molar-refractivity contribution in [2.24, 2.45) is 0 Å². The monoisotopic (exact) mass is 320 g/mol. The van der Waals surface area contributed by atoms with Crippen LogP contribution < -0.4 is 17.0 Å². The van der Waals surface area contributed by atoms with Crippen LogP contribution in [0.15, 0.2) is 32.5 Å². The second kappa shape index (κ2) is 5.30. The van der Waals surface area contributed by atoms with Gasteiger partial charge in [0.15, 0.2) is 0 Å². The molecule has 3 N–H and O–H groups in total. The molecule has 3 aromatic rings. The van der Waals surface area contributed by atoms with Crippen LogP contribution in [0.1, 0.15) is 6.92 Å². The van der Waals surface area contributed by atoms with Crippen LogP contribution in [0.3, 0.4) is 0 Å². The minimum absolute atomic E-state index is 0.147. The van der Waals surface area contributed by atoms with Crippen molar-refractivity contribution in [3.05, 3.63) is 43.7 Å². The van der Waals surface area contributed by atoms with Crippen LogP contribution >= 0.6 is 22.7 Å². The van der Waals surface area contributed by atoms with E-state index >= 15 is 0 Å². The van der Waals surface area contributed by atoms with Gasteiger partial charge in [-0.25, -0.2) is 9.78 Å². The number of hydrogen-bond donors (Lipinski definition) is 2. The lowest BCUT2D eigenvalue weighted by Gasteiger charge is -2.08. The Morgan fingerprint density at radius 1 is 1.38 bits per heavy atom. The summed E-state index contributed by atoms with van der Waals surface area (Å²) in [5.41, 5.74) is 5.69. The number of nitrogens with one attached hydrogen (secondary N) is 1. The van der Waals surface area contributed by atoms with Gasteiger partial charge in [0.05, 0.1) is 10.6 Å². The zero-order valence-corrected chi connectivity index (χ0v) is 12.8. The normalized spacial score (nSPS) is 10.9. The Bertz CT molecular complexity index is 890. The van der Waals surface area contributed by atoms with Gasteiger partial charge in [-0.2, -0.15) is 0 Å². The van der Waals surface area contributed by atoms with Gasteiger partial charge >= 0.3 is 5.69 Å². The third-order valence-electron chi connectivity index (χ3n) is 3.05. The molecule has 0 saturated carbocycles. The Balaban J connectivity index is 2.18. The highest BCUT2D eigenvalue weighted by Crippen LogP contribution is 2.31. The molecule has 21 heavy (non-hydrogen) atoms. The van der Waals surface area contributed by atoms with Crippen molar-refractivity contribution in [2.45, 2.75) is 13.5 Å². The third kappa shape index (κ3) is 2.32. The topological polar surface area (TPSA) is 93.8 Å². The van der Waals surface area contributed by atoms with Crippen LogP contribution in [0.4, 0.5) is 5.82 Å². The van der Waals surface area contributed by atoms with E-state index in [9.17, 15) is 9.59 Å². The standard InChI is InChI=1S/C13H12N4O2S2/c1-2-17-10(14)9(11(18)16-13(17)19)7-6-21-12(15-7)8-4-3-5-20-8/h3-6H,2,14H2,1H3,(H,16,18,19). The highest BCUT2D eigenvalue weighted by Gasteiger charge is 2.17. The Hall–Kier alpha value is -2.19. The van der Waals surface area contributed by atoms with Crippen LogP contribution in [0.2, 0.25) is 0 Å². The summed E-state index contributed by atoms with van der Waals surface area (Å²) >= 11 is 3.02. The van der Waals surface area contributed by atoms with Gasteiger partial charge in [-0.3, -0.25) is 14.3 Å². The Morgan fingerprint density at radius 3 is 2.86 bits per heavy atom. The summed E-state index contributed by atoms with van der Waals surface area (Å²) in [6, 6.07) is 3.91. The van der Waals surface area contributed by atoms with Gasteiger partial charge in [-0.1, -0.05) is 6.07 Å². The summed E-state index contributed by atoms with van der Waals surface area (Å²) in [6.45, 7) is 2.17. The number of nitrogen functional groups attached to an aromatic ring is 1. The fourth-order valence-electron chi connectivity index (χ4n) is 2.05. The smallest absolute Gasteiger partial charge is 0.329 e. The molecule has 8 heteroatoms. The van der Waals surface area contributed by atoms with Gasteiger partial charge in [-0.05, 0) is 18.4 Å². The number of thiophene rings is 1. The largest absolute Gasteiger partial charge is 0.384 e. The molecule has 0 aliphatic carbocycles. The molecule has 0 radical (unpaired) electrons. The van der Waals surface area contributed by atoms with Crippen molar-refractivity contribution < 1.29 is 0 Å². The van der Waals surface area contributed by atoms with E-state index in [0.29, 0.717) is 12.2 Å². The van der Waals surface area contributed by atoms with Gasteiger partial charge in [-0.15, -0.1) is 22.7 Å². The number of nitrogens with zero attached hydrogens (tertiary/aromatic N) is 2. The zero-order valence-electron chi connectivity index (χ0n) is 11.1. The lowest BCUT2D eigenvalue weighted by molar-refractivity contribution is 0.706. The van der Waals surface area contributed by atoms with Crippen LogP contribution in [-0.4, -0.2) is 14.5 Å². The number of aromatic amines is 1. The Labute approximate surface area is 127 Å². The summed E-state index contributed by atoms with van der Waals surface area (Å²) in [6.07, 6.45) is 0. The van der Waals surface area contributed by atoms with E-state index in [1.54, 1.807) is 23.6 Å². The maximum absolute atomic E-state index is 12.0. The number of nitrogens with two attached hydrogens (primary N) is 1. The first-order chi connectivity index (χ1) is 10.1. The van der Waals surface area contributed by atoms with Gasteiger partial charge in [0.1, 0.15) is 16.4 Å². The minimum Gasteiger partial charge on any atom is -0.384 e. The van der Waals surface area contributed by atoms with Crippen molar-refractivity contribution in [1.29, 1.82) is 0 Å². The first-order valence-electron chi connectivity index (χ1n) is 6.24. The molecule has 0 unspecified atom stereocenters. The Morgan fingerprint density at radius 2 is 2.19 bits per heavy atom. The second-order valence-electron chi connectivity index (χ2n) is 4.28. The first kappa shape index (κ1) is 13.8. The highest BCUT2D eigenvalue weighted by molar-refractivity contribution is 7.20. The molecule has 0 bridgehead atoms. The summed E-state index contributed by atoms with van der Waals surface area (Å²) in [7, 11) is 0. The highest BCUT2D eigenvalue weighted by atomic mass is 32.1. The number of H-pyrrole nitrogens is 1. The van der Waals surface area contributed by atoms with Crippen LogP contribution in [0, 0.1) is 0 Å². The van der Waals surface area contributed by atoms with E-state index in [1.807, 2.05) is 17.5 Å². The van der Waals surface area contributed by atoms with E-state index in [2.05, 4.69) is 9.97 Å². The molecule has 0 saturated heterocycles. The number of thiazole rings is 1. The SMILES string of the molecule is CCn1c(N)c(-c2csc(-c3cccs3)n2)c(=O)[nH]c1=O. The molecule has 3 rings (SSSR count). The molecular weight excluding hydrogens is 308 g/mol. The van der Waals surface area contributed by atoms with Crippen molar-refractivity contribution in [2.75, 3.05) is 5.73 Å². The number of aromatic nitrogens is 3. The molecule has 108 valence electrons. The molecule has 0 aliphatic heterocycles. The maximum Gasteiger partial charge on any atom is 0.329 e. The van der Waals surface area contributed by atoms with Crippen LogP contribution in [-0.2, 0) is 6.54 Å². The zero-order chi connectivity index (χ0) is 15.0. The minimum atomic E-state index is -0.509. The van der Waals surface area contributed by atoms with Gasteiger partial charge in [0, 0.05) is 11.9 Å². The molecule has 0 atom stereocenters. The van der Waals surface area contributed by atoms with Gasteiger partial charge in [0.25, 0.3) is 5.56 Å². The maximum atomic E-state index is 12.0. The van der Waals surface area contributed by atoms with Crippen LogP contribution in [0.5, 0.6) is 0 Å². The molecule has 0 fully saturated rings. The first-order valence-corrected chi connectivity index (χ1v) is 8.00. The number of hydrogen-bond acceptors (Lipinski definition) is 6. The summed E-state index contributed by atoms with van der Waals surface area (Å²) in [5.74, 6) is 0.147. The summed E-state index contributed by atoms with van der Waals surface area (Å²) in [5, 5.41) is 4.57. The molecule has 0 aliphatic rings. The van der Waals surface area contributed by atoms with E-state index in [1.165, 1.54) is 15.9 Å². The third-order valence-corrected chi connectivity index (χ3v) is 4.93. The molecule has 3 heterocycles. The average molecular weight is 320 g/mol. The number of rotatable bonds is 3. The van der Waals surface area contributed by atoms with Crippen molar-refractivity contribution >= 4 is 28.5 Å². The molecule has 6 nitrogen and oxygen atoms in total. The molecule has 0 aromatic carbocycles. The van der Waals surface area contributed by atoms with Crippen LogP contribution in [0.25, 0.3) is 21.1 Å². The molecular formula is C13H12N4O2S2. The van der Waals surface area contributed by atoms with E-state index in [4.69, 9.17) is 5.73 Å².